The molecule has 2 rings (SSSR count). The Morgan fingerprint density at radius 2 is 1.19 bits per heavy atom. The van der Waals surface area contributed by atoms with E-state index in [1.807, 2.05) is 0 Å². The number of methoxy groups -OCH3 is 2. The molecule has 0 amide bonds. The minimum Gasteiger partial charge on any atom is -0.493 e. The van der Waals surface area contributed by atoms with Crippen LogP contribution in [-0.4, -0.2) is 63.4 Å². The summed E-state index contributed by atoms with van der Waals surface area (Å²) in [6.45, 7) is 0. The molecule has 2 aromatic carbocycles. The summed E-state index contributed by atoms with van der Waals surface area (Å²) >= 11 is 0. The second-order valence-electron chi connectivity index (χ2n) is 5.43. The lowest BCUT2D eigenvalue weighted by Gasteiger charge is -2.10. The number of rotatable bonds is 7. The number of hydrogen-bond donors (Lipinski definition) is 4. The molecular weight excluding hydrogens is 422 g/mol. The molecule has 164 valence electrons. The zero-order chi connectivity index (χ0) is 23.9. The van der Waals surface area contributed by atoms with Gasteiger partial charge in [-0.25, -0.2) is 19.2 Å². The monoisotopic (exact) mass is 437 g/mol. The summed E-state index contributed by atoms with van der Waals surface area (Å²) in [5.41, 5.74) is -2.83. The zero-order valence-electron chi connectivity index (χ0n) is 15.9. The molecule has 4 N–H and O–H groups in total. The zero-order valence-corrected chi connectivity index (χ0v) is 15.9. The molecule has 2 aromatic rings. The fraction of sp³-hybridized carbons (Fsp3) is 0.111. The van der Waals surface area contributed by atoms with Crippen LogP contribution >= 0.6 is 0 Å². The molecule has 0 aliphatic carbocycles. The summed E-state index contributed by atoms with van der Waals surface area (Å²) in [7, 11) is 2.67. The maximum absolute atomic E-state index is 10.8. The van der Waals surface area contributed by atoms with Crippen molar-refractivity contribution in [2.75, 3.05) is 14.2 Å². The van der Waals surface area contributed by atoms with Crippen LogP contribution in [-0.2, 0) is 0 Å². The molecule has 0 heterocycles. The average molecular weight is 437 g/mol. The van der Waals surface area contributed by atoms with E-state index in [4.69, 9.17) is 29.9 Å². The highest BCUT2D eigenvalue weighted by Gasteiger charge is 2.26. The van der Waals surface area contributed by atoms with Gasteiger partial charge in [0.05, 0.1) is 35.8 Å². The molecule has 31 heavy (non-hydrogen) atoms. The molecule has 0 fully saturated rings. The number of nitrogens with zero attached hydrogens (tertiary/aromatic N) is 1. The summed E-state index contributed by atoms with van der Waals surface area (Å²) in [5.74, 6) is -5.48. The van der Waals surface area contributed by atoms with E-state index >= 15 is 0 Å². The third-order valence-corrected chi connectivity index (χ3v) is 3.67. The Kier molecular flexibility index (Phi) is 8.01. The Balaban J connectivity index is 0.000000311. The Bertz CT molecular complexity index is 986. The minimum atomic E-state index is -1.64. The quantitative estimate of drug-likeness (QED) is 0.362. The summed E-state index contributed by atoms with van der Waals surface area (Å²) in [4.78, 5) is 52.5. The lowest BCUT2D eigenvalue weighted by atomic mass is 10.1. The van der Waals surface area contributed by atoms with Crippen molar-refractivity contribution in [3.63, 3.8) is 0 Å². The topological polar surface area (TPSA) is 211 Å². The van der Waals surface area contributed by atoms with Crippen LogP contribution in [0, 0.1) is 10.1 Å². The van der Waals surface area contributed by atoms with E-state index in [-0.39, 0.29) is 22.6 Å². The first-order valence-corrected chi connectivity index (χ1v) is 7.92. The van der Waals surface area contributed by atoms with Gasteiger partial charge < -0.3 is 29.9 Å². The highest BCUT2D eigenvalue weighted by Crippen LogP contribution is 2.30. The number of hydrogen-bond acceptors (Lipinski definition) is 8. The minimum absolute atomic E-state index is 0.171. The van der Waals surface area contributed by atoms with Gasteiger partial charge in [0.15, 0.2) is 17.1 Å². The maximum atomic E-state index is 10.8. The average Bonchev–Trinajstić information content (AvgIpc) is 2.72. The molecule has 0 aromatic heterocycles. The van der Waals surface area contributed by atoms with Gasteiger partial charge in [0.25, 0.3) is 5.69 Å². The second-order valence-corrected chi connectivity index (χ2v) is 5.43. The van der Waals surface area contributed by atoms with Crippen molar-refractivity contribution in [1.82, 2.24) is 0 Å². The number of ether oxygens (including phenoxy) is 2. The summed E-state index contributed by atoms with van der Waals surface area (Å²) in [6, 6.07) is 5.29. The number of benzene rings is 2. The summed E-state index contributed by atoms with van der Waals surface area (Å²) in [6.07, 6.45) is 0. The SMILES string of the molecule is COc1cc(C(=O)O)c(C(=O)O)cc1OC.O=C(O)c1cccc([N+](=O)[O-])c1C(=O)O. The molecule has 0 saturated carbocycles. The summed E-state index contributed by atoms with van der Waals surface area (Å²) < 4.78 is 9.76. The van der Waals surface area contributed by atoms with Gasteiger partial charge in [-0.2, -0.15) is 0 Å². The standard InChI is InChI=1S/C10H10O6.C8H5NO6/c1-15-7-3-5(9(11)12)6(10(13)14)4-8(7)16-2;10-7(11)4-2-1-3-5(9(14)15)6(4)8(12)13/h3-4H,1-2H3,(H,11,12)(H,13,14);1-3H,(H,10,11)(H,12,13). The molecule has 0 unspecified atom stereocenters. The molecule has 0 spiro atoms. The molecule has 0 atom stereocenters. The van der Waals surface area contributed by atoms with Crippen molar-refractivity contribution in [2.24, 2.45) is 0 Å². The Hall–Kier alpha value is -4.68. The third-order valence-electron chi connectivity index (χ3n) is 3.67. The van der Waals surface area contributed by atoms with Crippen LogP contribution in [0.15, 0.2) is 30.3 Å². The van der Waals surface area contributed by atoms with Gasteiger partial charge in [0.1, 0.15) is 0 Å². The van der Waals surface area contributed by atoms with Gasteiger partial charge >= 0.3 is 23.9 Å². The van der Waals surface area contributed by atoms with Crippen LogP contribution in [0.2, 0.25) is 0 Å². The number of aromatic carboxylic acids is 4. The van der Waals surface area contributed by atoms with Crippen LogP contribution in [0.25, 0.3) is 0 Å². The van der Waals surface area contributed by atoms with Gasteiger partial charge in [-0.3, -0.25) is 10.1 Å². The van der Waals surface area contributed by atoms with E-state index in [0.717, 1.165) is 30.3 Å². The maximum Gasteiger partial charge on any atom is 0.343 e. The smallest absolute Gasteiger partial charge is 0.343 e. The molecule has 13 heteroatoms. The fourth-order valence-electron chi connectivity index (χ4n) is 2.33. The second kappa shape index (κ2) is 10.2. The molecule has 0 radical (unpaired) electrons. The van der Waals surface area contributed by atoms with E-state index in [1.165, 1.54) is 14.2 Å². The van der Waals surface area contributed by atoms with Crippen molar-refractivity contribution >= 4 is 29.6 Å². The van der Waals surface area contributed by atoms with E-state index in [0.29, 0.717) is 0 Å². The first-order valence-electron chi connectivity index (χ1n) is 7.92. The number of carboxylic acid groups (broad SMARTS) is 4. The predicted molar refractivity (Wildman–Crippen MR) is 100 cm³/mol. The van der Waals surface area contributed by atoms with Crippen molar-refractivity contribution < 1.29 is 54.0 Å². The molecule has 0 saturated heterocycles. The lowest BCUT2D eigenvalue weighted by Crippen LogP contribution is -2.10. The molecular formula is C18H15NO12. The van der Waals surface area contributed by atoms with Crippen molar-refractivity contribution in [3.05, 3.63) is 62.7 Å². The molecule has 0 aliphatic heterocycles. The van der Waals surface area contributed by atoms with Gasteiger partial charge in [0, 0.05) is 6.07 Å². The number of carboxylic acids is 4. The van der Waals surface area contributed by atoms with Gasteiger partial charge in [-0.05, 0) is 18.2 Å². The van der Waals surface area contributed by atoms with E-state index in [2.05, 4.69) is 0 Å². The van der Waals surface area contributed by atoms with Crippen molar-refractivity contribution in [3.8, 4) is 11.5 Å². The van der Waals surface area contributed by atoms with E-state index in [9.17, 15) is 29.3 Å². The Morgan fingerprint density at radius 3 is 1.48 bits per heavy atom. The predicted octanol–water partition coefficient (Wildman–Crippen LogP) is 2.09. The van der Waals surface area contributed by atoms with Crippen molar-refractivity contribution in [1.29, 1.82) is 0 Å². The van der Waals surface area contributed by atoms with Gasteiger partial charge in [-0.1, -0.05) is 6.07 Å². The lowest BCUT2D eigenvalue weighted by molar-refractivity contribution is -0.385. The normalized spacial score (nSPS) is 9.61. The number of carbonyl (C=O) groups is 4. The van der Waals surface area contributed by atoms with Crippen LogP contribution in [0.3, 0.4) is 0 Å². The Morgan fingerprint density at radius 1 is 0.774 bits per heavy atom. The molecule has 0 aliphatic rings. The first kappa shape index (κ1) is 24.4. The van der Waals surface area contributed by atoms with Crippen LogP contribution in [0.1, 0.15) is 41.4 Å². The van der Waals surface area contributed by atoms with Crippen LogP contribution < -0.4 is 9.47 Å². The van der Waals surface area contributed by atoms with Crippen LogP contribution in [0.5, 0.6) is 11.5 Å². The van der Waals surface area contributed by atoms with Gasteiger partial charge in [-0.15, -0.1) is 0 Å². The first-order chi connectivity index (χ1) is 14.5. The van der Waals surface area contributed by atoms with Gasteiger partial charge in [0.2, 0.25) is 0 Å². The van der Waals surface area contributed by atoms with E-state index < -0.39 is 45.6 Å². The molecule has 0 bridgehead atoms. The van der Waals surface area contributed by atoms with Crippen molar-refractivity contribution in [2.45, 2.75) is 0 Å². The van der Waals surface area contributed by atoms with Crippen LogP contribution in [0.4, 0.5) is 5.69 Å². The molecule has 13 nitrogen and oxygen atoms in total. The fourth-order valence-corrected chi connectivity index (χ4v) is 2.33. The number of nitro benzene ring substituents is 1. The third kappa shape index (κ3) is 5.66. The highest BCUT2D eigenvalue weighted by molar-refractivity contribution is 6.04. The Labute approximate surface area is 172 Å². The largest absolute Gasteiger partial charge is 0.493 e. The highest BCUT2D eigenvalue weighted by atomic mass is 16.6. The van der Waals surface area contributed by atoms with E-state index in [1.54, 1.807) is 0 Å². The summed E-state index contributed by atoms with van der Waals surface area (Å²) in [5, 5.41) is 45.4. The number of nitro groups is 1.